The minimum atomic E-state index is -0.217. The Morgan fingerprint density at radius 1 is 1.08 bits per heavy atom. The van der Waals surface area contributed by atoms with E-state index >= 15 is 0 Å². The van der Waals surface area contributed by atoms with Crippen LogP contribution in [0.25, 0.3) is 0 Å². The zero-order valence-corrected chi connectivity index (χ0v) is 15.0. The Hall–Kier alpha value is -2.20. The van der Waals surface area contributed by atoms with Crippen LogP contribution in [0, 0.1) is 5.82 Å². The molecular weight excluding hydrogens is 315 g/mol. The molecule has 25 heavy (non-hydrogen) atoms. The minimum Gasteiger partial charge on any atom is -0.356 e. The van der Waals surface area contributed by atoms with E-state index in [-0.39, 0.29) is 11.7 Å². The molecule has 0 spiro atoms. The number of carbonyl (C=O) groups excluding carboxylic acids is 1. The molecule has 3 nitrogen and oxygen atoms in total. The van der Waals surface area contributed by atoms with Gasteiger partial charge in [0, 0.05) is 32.1 Å². The van der Waals surface area contributed by atoms with Crippen LogP contribution in [0.3, 0.4) is 0 Å². The van der Waals surface area contributed by atoms with Gasteiger partial charge in [-0.2, -0.15) is 0 Å². The monoisotopic (exact) mass is 342 g/mol. The third-order valence-electron chi connectivity index (χ3n) is 4.26. The van der Waals surface area contributed by atoms with Crippen molar-refractivity contribution in [3.8, 4) is 0 Å². The zero-order chi connectivity index (χ0) is 18.1. The zero-order valence-electron chi connectivity index (χ0n) is 15.0. The second-order valence-electron chi connectivity index (χ2n) is 6.49. The van der Waals surface area contributed by atoms with Gasteiger partial charge in [-0.15, -0.1) is 0 Å². The number of carbonyl (C=O) groups is 1. The molecule has 0 aliphatic heterocycles. The van der Waals surface area contributed by atoms with Crippen LogP contribution in [-0.2, 0) is 17.8 Å². The molecule has 2 aromatic carbocycles. The van der Waals surface area contributed by atoms with Gasteiger partial charge in [0.2, 0.25) is 5.91 Å². The molecular formula is C21H27FN2O. The van der Waals surface area contributed by atoms with E-state index in [2.05, 4.69) is 36.2 Å². The van der Waals surface area contributed by atoms with Gasteiger partial charge in [-0.1, -0.05) is 48.5 Å². The van der Waals surface area contributed by atoms with Crippen LogP contribution < -0.4 is 5.32 Å². The third-order valence-corrected chi connectivity index (χ3v) is 4.26. The Balaban J connectivity index is 1.74. The molecule has 0 heterocycles. The number of nitrogens with zero attached hydrogens (tertiary/aromatic N) is 1. The van der Waals surface area contributed by atoms with E-state index < -0.39 is 0 Å². The highest BCUT2D eigenvalue weighted by atomic mass is 19.1. The summed E-state index contributed by atoms with van der Waals surface area (Å²) in [6, 6.07) is 17.3. The van der Waals surface area contributed by atoms with Gasteiger partial charge in [-0.05, 0) is 37.5 Å². The molecule has 134 valence electrons. The van der Waals surface area contributed by atoms with E-state index in [0.717, 1.165) is 6.54 Å². The van der Waals surface area contributed by atoms with Gasteiger partial charge in [-0.25, -0.2) is 4.39 Å². The molecule has 4 heteroatoms. The van der Waals surface area contributed by atoms with Crippen molar-refractivity contribution in [2.24, 2.45) is 0 Å². The van der Waals surface area contributed by atoms with Gasteiger partial charge in [-0.3, -0.25) is 9.69 Å². The molecule has 1 amide bonds. The van der Waals surface area contributed by atoms with Crippen LogP contribution in [0.4, 0.5) is 4.39 Å². The van der Waals surface area contributed by atoms with Crippen molar-refractivity contribution < 1.29 is 9.18 Å². The van der Waals surface area contributed by atoms with Crippen molar-refractivity contribution >= 4 is 5.91 Å². The average molecular weight is 342 g/mol. The lowest BCUT2D eigenvalue weighted by atomic mass is 10.1. The first kappa shape index (κ1) is 19.1. The summed E-state index contributed by atoms with van der Waals surface area (Å²) in [5.74, 6) is -0.208. The maximum atomic E-state index is 13.5. The molecule has 0 aliphatic carbocycles. The van der Waals surface area contributed by atoms with Gasteiger partial charge in [0.25, 0.3) is 0 Å². The third kappa shape index (κ3) is 6.67. The largest absolute Gasteiger partial charge is 0.356 e. The number of benzene rings is 2. The number of amides is 1. The van der Waals surface area contributed by atoms with Gasteiger partial charge in [0.15, 0.2) is 0 Å². The molecule has 0 unspecified atom stereocenters. The normalized spacial score (nSPS) is 11.1. The second kappa shape index (κ2) is 9.94. The quantitative estimate of drug-likeness (QED) is 0.752. The molecule has 0 bridgehead atoms. The Labute approximate surface area is 149 Å². The van der Waals surface area contributed by atoms with E-state index in [4.69, 9.17) is 0 Å². The van der Waals surface area contributed by atoms with Crippen molar-refractivity contribution in [1.82, 2.24) is 10.2 Å². The molecule has 0 saturated heterocycles. The van der Waals surface area contributed by atoms with Crippen molar-refractivity contribution in [3.05, 3.63) is 71.5 Å². The standard InChI is InChI=1S/C21H27FN2O/c1-17(2)24(16-18-8-4-3-5-9-18)15-13-21(25)23-14-12-19-10-6-7-11-20(19)22/h3-11,17H,12-16H2,1-2H3,(H,23,25). The molecule has 2 rings (SSSR count). The lowest BCUT2D eigenvalue weighted by molar-refractivity contribution is -0.121. The Morgan fingerprint density at radius 2 is 1.76 bits per heavy atom. The summed E-state index contributed by atoms with van der Waals surface area (Å²) in [5.41, 5.74) is 1.88. The van der Waals surface area contributed by atoms with Crippen LogP contribution in [0.15, 0.2) is 54.6 Å². The summed E-state index contributed by atoms with van der Waals surface area (Å²) < 4.78 is 13.5. The lowest BCUT2D eigenvalue weighted by Crippen LogP contribution is -2.35. The Morgan fingerprint density at radius 3 is 2.44 bits per heavy atom. The second-order valence-corrected chi connectivity index (χ2v) is 6.49. The maximum absolute atomic E-state index is 13.5. The predicted octanol–water partition coefficient (Wildman–Crippen LogP) is 3.79. The fourth-order valence-corrected chi connectivity index (χ4v) is 2.71. The van der Waals surface area contributed by atoms with Gasteiger partial charge in [0.1, 0.15) is 5.82 Å². The number of nitrogens with one attached hydrogen (secondary N) is 1. The van der Waals surface area contributed by atoms with E-state index in [9.17, 15) is 9.18 Å². The molecule has 0 fully saturated rings. The summed E-state index contributed by atoms with van der Waals surface area (Å²) in [7, 11) is 0. The van der Waals surface area contributed by atoms with Crippen molar-refractivity contribution in [3.63, 3.8) is 0 Å². The summed E-state index contributed by atoms with van der Waals surface area (Å²) in [6.45, 7) is 6.28. The van der Waals surface area contributed by atoms with Gasteiger partial charge in [0.05, 0.1) is 0 Å². The van der Waals surface area contributed by atoms with E-state index in [1.54, 1.807) is 12.1 Å². The predicted molar refractivity (Wildman–Crippen MR) is 99.7 cm³/mol. The first-order valence-corrected chi connectivity index (χ1v) is 8.84. The van der Waals surface area contributed by atoms with Crippen molar-refractivity contribution in [2.75, 3.05) is 13.1 Å². The van der Waals surface area contributed by atoms with Gasteiger partial charge >= 0.3 is 0 Å². The minimum absolute atomic E-state index is 0.00931. The Kier molecular flexibility index (Phi) is 7.61. The smallest absolute Gasteiger partial charge is 0.221 e. The summed E-state index contributed by atoms with van der Waals surface area (Å²) in [6.07, 6.45) is 0.957. The fourth-order valence-electron chi connectivity index (χ4n) is 2.71. The number of hydrogen-bond acceptors (Lipinski definition) is 2. The molecule has 2 aromatic rings. The molecule has 0 saturated carbocycles. The highest BCUT2D eigenvalue weighted by Crippen LogP contribution is 2.09. The van der Waals surface area contributed by atoms with Crippen LogP contribution in [0.5, 0.6) is 0 Å². The van der Waals surface area contributed by atoms with Crippen LogP contribution in [0.1, 0.15) is 31.4 Å². The maximum Gasteiger partial charge on any atom is 0.221 e. The summed E-state index contributed by atoms with van der Waals surface area (Å²) in [4.78, 5) is 14.3. The van der Waals surface area contributed by atoms with Crippen LogP contribution in [-0.4, -0.2) is 29.9 Å². The van der Waals surface area contributed by atoms with Crippen LogP contribution in [0.2, 0.25) is 0 Å². The van der Waals surface area contributed by atoms with Gasteiger partial charge < -0.3 is 5.32 Å². The Bertz CT molecular complexity index is 658. The SMILES string of the molecule is CC(C)N(CCC(=O)NCCc1ccccc1F)Cc1ccccc1. The molecule has 0 aliphatic rings. The van der Waals surface area contributed by atoms with Crippen LogP contribution >= 0.6 is 0 Å². The molecule has 1 N–H and O–H groups in total. The summed E-state index contributed by atoms with van der Waals surface area (Å²) >= 11 is 0. The molecule has 0 radical (unpaired) electrons. The van der Waals surface area contributed by atoms with Crippen molar-refractivity contribution in [1.29, 1.82) is 0 Å². The number of rotatable bonds is 9. The average Bonchev–Trinajstić information content (AvgIpc) is 2.61. The highest BCUT2D eigenvalue weighted by Gasteiger charge is 2.12. The molecule has 0 aromatic heterocycles. The first-order valence-electron chi connectivity index (χ1n) is 8.84. The topological polar surface area (TPSA) is 32.3 Å². The molecule has 0 atom stereocenters. The van der Waals surface area contributed by atoms with Crippen molar-refractivity contribution in [2.45, 2.75) is 39.3 Å². The highest BCUT2D eigenvalue weighted by molar-refractivity contribution is 5.76. The number of hydrogen-bond donors (Lipinski definition) is 1. The fraction of sp³-hybridized carbons (Fsp3) is 0.381. The summed E-state index contributed by atoms with van der Waals surface area (Å²) in [5, 5.41) is 2.88. The first-order chi connectivity index (χ1) is 12.1. The lowest BCUT2D eigenvalue weighted by Gasteiger charge is -2.26. The van der Waals surface area contributed by atoms with E-state index in [1.807, 2.05) is 24.3 Å². The van der Waals surface area contributed by atoms with E-state index in [0.29, 0.717) is 37.5 Å². The number of halogens is 1. The van der Waals surface area contributed by atoms with E-state index in [1.165, 1.54) is 11.6 Å².